The molecule has 3 aromatic rings. The number of furan rings is 1. The van der Waals surface area contributed by atoms with Gasteiger partial charge in [-0.15, -0.1) is 13.2 Å². The number of hydrogen-bond acceptors (Lipinski definition) is 6. The van der Waals surface area contributed by atoms with Gasteiger partial charge in [0.2, 0.25) is 12.3 Å². The molecule has 0 spiro atoms. The molecule has 0 radical (unpaired) electrons. The van der Waals surface area contributed by atoms with Gasteiger partial charge in [-0.2, -0.15) is 0 Å². The first kappa shape index (κ1) is 31.2. The summed E-state index contributed by atoms with van der Waals surface area (Å²) in [5, 5.41) is 6.27. The zero-order valence-corrected chi connectivity index (χ0v) is 22.5. The predicted octanol–water partition coefficient (Wildman–Crippen LogP) is 5.44. The molecule has 1 aromatic heterocycles. The molecular formula is C29H32F3N3O6. The molecule has 1 atom stereocenters. The summed E-state index contributed by atoms with van der Waals surface area (Å²) in [5.41, 5.74) is 1.15. The van der Waals surface area contributed by atoms with Crippen molar-refractivity contribution in [3.63, 3.8) is 0 Å². The van der Waals surface area contributed by atoms with E-state index in [-0.39, 0.29) is 42.8 Å². The van der Waals surface area contributed by atoms with E-state index in [2.05, 4.69) is 15.4 Å². The van der Waals surface area contributed by atoms with E-state index in [9.17, 15) is 27.6 Å². The van der Waals surface area contributed by atoms with Crippen LogP contribution in [0.15, 0.2) is 71.1 Å². The summed E-state index contributed by atoms with van der Waals surface area (Å²) in [7, 11) is 0. The number of halogens is 3. The van der Waals surface area contributed by atoms with E-state index >= 15 is 0 Å². The summed E-state index contributed by atoms with van der Waals surface area (Å²) in [6.45, 7) is 2.04. The van der Waals surface area contributed by atoms with E-state index in [1.165, 1.54) is 24.3 Å². The van der Waals surface area contributed by atoms with E-state index < -0.39 is 23.9 Å². The molecule has 0 aliphatic carbocycles. The van der Waals surface area contributed by atoms with Crippen LogP contribution in [-0.2, 0) is 21.0 Å². The Kier molecular flexibility index (Phi) is 11.8. The highest BCUT2D eigenvalue weighted by Gasteiger charge is 2.31. The van der Waals surface area contributed by atoms with Crippen LogP contribution in [-0.4, -0.2) is 42.9 Å². The van der Waals surface area contributed by atoms with E-state index in [1.807, 2.05) is 37.3 Å². The molecule has 0 unspecified atom stereocenters. The Balaban J connectivity index is 1.53. The summed E-state index contributed by atoms with van der Waals surface area (Å²) >= 11 is 0. The number of hydrogen-bond donors (Lipinski definition) is 2. The van der Waals surface area contributed by atoms with Crippen LogP contribution < -0.4 is 15.4 Å². The normalized spacial score (nSPS) is 11.9. The van der Waals surface area contributed by atoms with Crippen molar-refractivity contribution in [2.45, 2.75) is 45.6 Å². The zero-order valence-electron chi connectivity index (χ0n) is 22.5. The average molecular weight is 576 g/mol. The third-order valence-corrected chi connectivity index (χ3v) is 5.98. The third-order valence-electron chi connectivity index (χ3n) is 5.98. The minimum absolute atomic E-state index is 0.0402. The molecule has 0 fully saturated rings. The number of carbonyl (C=O) groups excluding carboxylic acids is 3. The molecule has 1 heterocycles. The first-order valence-electron chi connectivity index (χ1n) is 13.1. The number of ether oxygens (including phenoxy) is 1. The van der Waals surface area contributed by atoms with Crippen molar-refractivity contribution >= 4 is 18.2 Å². The number of alkyl halides is 3. The minimum Gasteiger partial charge on any atom is -0.451 e. The number of nitrogens with zero attached hydrogens (tertiary/aromatic N) is 1. The molecule has 2 N–H and O–H groups in total. The quantitative estimate of drug-likeness (QED) is 0.102. The Morgan fingerprint density at radius 1 is 1.02 bits per heavy atom. The topological polar surface area (TPSA) is 110 Å². The second-order valence-corrected chi connectivity index (χ2v) is 9.12. The third kappa shape index (κ3) is 10.6. The van der Waals surface area contributed by atoms with Gasteiger partial charge in [0.05, 0.1) is 19.1 Å². The molecule has 41 heavy (non-hydrogen) atoms. The van der Waals surface area contributed by atoms with Crippen molar-refractivity contribution in [2.75, 3.05) is 13.2 Å². The second-order valence-electron chi connectivity index (χ2n) is 9.12. The number of carbonyl (C=O) groups is 3. The van der Waals surface area contributed by atoms with Crippen LogP contribution in [0.25, 0.3) is 11.3 Å². The Bertz CT molecular complexity index is 1270. The monoisotopic (exact) mass is 575 g/mol. The summed E-state index contributed by atoms with van der Waals surface area (Å²) in [4.78, 5) is 42.6. The Morgan fingerprint density at radius 3 is 2.51 bits per heavy atom. The lowest BCUT2D eigenvalue weighted by Crippen LogP contribution is -2.43. The van der Waals surface area contributed by atoms with Crippen LogP contribution in [0.2, 0.25) is 0 Å². The molecule has 9 nitrogen and oxygen atoms in total. The highest BCUT2D eigenvalue weighted by molar-refractivity contribution is 5.92. The molecular weight excluding hydrogens is 543 g/mol. The second kappa shape index (κ2) is 15.5. The van der Waals surface area contributed by atoms with E-state index in [4.69, 9.17) is 9.25 Å². The molecule has 0 aliphatic rings. The molecule has 3 amide bonds. The predicted molar refractivity (Wildman–Crippen MR) is 143 cm³/mol. The van der Waals surface area contributed by atoms with Crippen LogP contribution in [0, 0.1) is 5.92 Å². The molecule has 220 valence electrons. The number of hydroxylamine groups is 2. The van der Waals surface area contributed by atoms with Crippen molar-refractivity contribution in [1.29, 1.82) is 0 Å². The number of nitrogens with one attached hydrogen (secondary N) is 2. The number of amides is 3. The fourth-order valence-corrected chi connectivity index (χ4v) is 3.93. The van der Waals surface area contributed by atoms with Crippen LogP contribution in [0.1, 0.15) is 48.7 Å². The first-order valence-corrected chi connectivity index (χ1v) is 13.1. The van der Waals surface area contributed by atoms with Gasteiger partial charge in [-0.05, 0) is 36.2 Å². The summed E-state index contributed by atoms with van der Waals surface area (Å²) in [5.74, 6) is -1.93. The van der Waals surface area contributed by atoms with Crippen molar-refractivity contribution < 1.29 is 41.5 Å². The lowest BCUT2D eigenvalue weighted by Gasteiger charge is -2.23. The Morgan fingerprint density at radius 2 is 1.80 bits per heavy atom. The van der Waals surface area contributed by atoms with E-state index in [0.717, 1.165) is 42.0 Å². The van der Waals surface area contributed by atoms with Gasteiger partial charge in [-0.3, -0.25) is 19.2 Å². The smallest absolute Gasteiger partial charge is 0.451 e. The number of rotatable bonds is 16. The maximum absolute atomic E-state index is 12.9. The maximum atomic E-state index is 12.9. The van der Waals surface area contributed by atoms with Crippen LogP contribution in [0.4, 0.5) is 13.2 Å². The molecule has 2 aromatic carbocycles. The minimum atomic E-state index is -4.84. The van der Waals surface area contributed by atoms with Gasteiger partial charge >= 0.3 is 6.36 Å². The highest BCUT2D eigenvalue weighted by atomic mass is 19.4. The van der Waals surface area contributed by atoms with Gasteiger partial charge in [0.15, 0.2) is 5.76 Å². The summed E-state index contributed by atoms with van der Waals surface area (Å²) in [6, 6.07) is 17.3. The van der Waals surface area contributed by atoms with Gasteiger partial charge in [-0.1, -0.05) is 68.7 Å². The van der Waals surface area contributed by atoms with Gasteiger partial charge in [0.25, 0.3) is 5.91 Å². The van der Waals surface area contributed by atoms with Crippen molar-refractivity contribution in [3.05, 3.63) is 78.1 Å². The highest BCUT2D eigenvalue weighted by Crippen LogP contribution is 2.29. The molecule has 12 heteroatoms. The van der Waals surface area contributed by atoms with E-state index in [1.54, 1.807) is 0 Å². The van der Waals surface area contributed by atoms with Crippen LogP contribution >= 0.6 is 0 Å². The van der Waals surface area contributed by atoms with Gasteiger partial charge in [-0.25, -0.2) is 5.06 Å². The van der Waals surface area contributed by atoms with Crippen molar-refractivity contribution in [1.82, 2.24) is 15.7 Å². The lowest BCUT2D eigenvalue weighted by molar-refractivity contribution is -0.274. The van der Waals surface area contributed by atoms with Crippen LogP contribution in [0.3, 0.4) is 0 Å². The SMILES string of the molecule is CCCCC[C@H](CN(C=O)OCc1ccccc1)C(=O)NCNC(=O)c1ccc(-c2cccc(OC(F)(F)F)c2)o1. The fourth-order valence-electron chi connectivity index (χ4n) is 3.93. The van der Waals surface area contributed by atoms with Gasteiger partial charge in [0, 0.05) is 5.56 Å². The first-order chi connectivity index (χ1) is 19.7. The lowest BCUT2D eigenvalue weighted by atomic mass is 10.0. The van der Waals surface area contributed by atoms with E-state index in [0.29, 0.717) is 12.8 Å². The number of benzene rings is 2. The Labute approximate surface area is 235 Å². The maximum Gasteiger partial charge on any atom is 0.573 e. The summed E-state index contributed by atoms with van der Waals surface area (Å²) < 4.78 is 47.0. The zero-order chi connectivity index (χ0) is 29.7. The number of unbranched alkanes of at least 4 members (excludes halogenated alkanes) is 2. The summed E-state index contributed by atoms with van der Waals surface area (Å²) in [6.07, 6.45) is -1.14. The fraction of sp³-hybridized carbons (Fsp3) is 0.345. The molecule has 3 rings (SSSR count). The van der Waals surface area contributed by atoms with Crippen molar-refractivity contribution in [3.8, 4) is 17.1 Å². The average Bonchev–Trinajstić information content (AvgIpc) is 3.45. The molecule has 0 aliphatic heterocycles. The van der Waals surface area contributed by atoms with Gasteiger partial charge < -0.3 is 19.8 Å². The standard InChI is InChI=1S/C29H32F3N3O6/c1-2-3-5-11-23(17-35(20-36)39-18-21-9-6-4-7-10-21)27(37)33-19-34-28(38)26-15-14-25(40-26)22-12-8-13-24(16-22)41-29(30,31)32/h4,6-10,12-16,20,23H,2-3,5,11,17-19H2,1H3,(H,33,37)(H,34,38)/t23-/m1/s1. The largest absolute Gasteiger partial charge is 0.573 e. The van der Waals surface area contributed by atoms with Crippen molar-refractivity contribution in [2.24, 2.45) is 5.92 Å². The molecule has 0 saturated carbocycles. The molecule has 0 saturated heterocycles. The van der Waals surface area contributed by atoms with Gasteiger partial charge in [0.1, 0.15) is 18.1 Å². The van der Waals surface area contributed by atoms with Crippen LogP contribution in [0.5, 0.6) is 5.75 Å². The molecule has 0 bridgehead atoms. The Hall–Kier alpha value is -4.32.